The largest absolute Gasteiger partial charge is 0.490 e. The van der Waals surface area contributed by atoms with Crippen molar-refractivity contribution in [1.82, 2.24) is 0 Å². The minimum Gasteiger partial charge on any atom is -0.490 e. The lowest BCUT2D eigenvalue weighted by molar-refractivity contribution is 0.361. The molecule has 88 valence electrons. The molecule has 0 saturated carbocycles. The molecule has 0 N–H and O–H groups in total. The fourth-order valence-corrected chi connectivity index (χ4v) is 1.49. The van der Waals surface area contributed by atoms with Gasteiger partial charge in [0.2, 0.25) is 0 Å². The lowest BCUT2D eigenvalue weighted by Crippen LogP contribution is -2.10. The predicted molar refractivity (Wildman–Crippen MR) is 73.6 cm³/mol. The molecule has 0 aliphatic heterocycles. The van der Waals surface area contributed by atoms with E-state index < -0.39 is 0 Å². The summed E-state index contributed by atoms with van der Waals surface area (Å²) in [5.74, 6) is 1.68. The van der Waals surface area contributed by atoms with E-state index in [0.717, 1.165) is 11.5 Å². The molecule has 0 saturated heterocycles. The molecule has 0 atom stereocenters. The van der Waals surface area contributed by atoms with Gasteiger partial charge in [0.25, 0.3) is 0 Å². The number of benzene rings is 1. The second-order valence-electron chi connectivity index (χ2n) is 4.74. The maximum Gasteiger partial charge on any atom is 0.120 e. The summed E-state index contributed by atoms with van der Waals surface area (Å²) in [6, 6.07) is 8.27. The van der Waals surface area contributed by atoms with Crippen molar-refractivity contribution < 1.29 is 4.74 Å². The van der Waals surface area contributed by atoms with Gasteiger partial charge in [0.1, 0.15) is 12.4 Å². The van der Waals surface area contributed by atoms with E-state index in [1.54, 1.807) is 0 Å². The SMILES string of the molecule is CC(C)(C)c1cccc(OCC=CCS)c1. The Balaban J connectivity index is 2.65. The number of ether oxygens (including phenoxy) is 1. The molecule has 0 unspecified atom stereocenters. The van der Waals surface area contributed by atoms with E-state index in [4.69, 9.17) is 4.74 Å². The summed E-state index contributed by atoms with van der Waals surface area (Å²) >= 11 is 4.09. The normalized spacial score (nSPS) is 12.0. The van der Waals surface area contributed by atoms with Crippen LogP contribution in [0.15, 0.2) is 36.4 Å². The van der Waals surface area contributed by atoms with Gasteiger partial charge in [-0.1, -0.05) is 45.1 Å². The third kappa shape index (κ3) is 4.31. The molecular weight excluding hydrogens is 216 g/mol. The van der Waals surface area contributed by atoms with Crippen LogP contribution in [0.4, 0.5) is 0 Å². The highest BCUT2D eigenvalue weighted by Crippen LogP contribution is 2.25. The predicted octanol–water partition coefficient (Wildman–Crippen LogP) is 3.85. The van der Waals surface area contributed by atoms with E-state index in [9.17, 15) is 0 Å². The summed E-state index contributed by atoms with van der Waals surface area (Å²) in [5.41, 5.74) is 1.46. The average Bonchev–Trinajstić information content (AvgIpc) is 2.24. The molecule has 0 aromatic heterocycles. The smallest absolute Gasteiger partial charge is 0.120 e. The fourth-order valence-electron chi connectivity index (χ4n) is 1.34. The quantitative estimate of drug-likeness (QED) is 0.617. The van der Waals surface area contributed by atoms with Crippen LogP contribution in [0.2, 0.25) is 0 Å². The maximum absolute atomic E-state index is 5.62. The van der Waals surface area contributed by atoms with Gasteiger partial charge in [-0.05, 0) is 23.1 Å². The van der Waals surface area contributed by atoms with E-state index in [-0.39, 0.29) is 5.41 Å². The Labute approximate surface area is 104 Å². The first-order valence-electron chi connectivity index (χ1n) is 5.53. The van der Waals surface area contributed by atoms with E-state index in [0.29, 0.717) is 6.61 Å². The lowest BCUT2D eigenvalue weighted by Gasteiger charge is -2.19. The summed E-state index contributed by atoms with van der Waals surface area (Å²) in [6.45, 7) is 7.21. The molecule has 0 aliphatic rings. The summed E-state index contributed by atoms with van der Waals surface area (Å²) in [4.78, 5) is 0. The molecular formula is C14H20OS. The van der Waals surface area contributed by atoms with Gasteiger partial charge in [0.05, 0.1) is 0 Å². The zero-order chi connectivity index (χ0) is 12.0. The van der Waals surface area contributed by atoms with Crippen molar-refractivity contribution in [3.63, 3.8) is 0 Å². The van der Waals surface area contributed by atoms with Crippen molar-refractivity contribution in [3.8, 4) is 5.75 Å². The first kappa shape index (κ1) is 13.2. The van der Waals surface area contributed by atoms with Crippen LogP contribution in [0.1, 0.15) is 26.3 Å². The van der Waals surface area contributed by atoms with Crippen LogP contribution in [0.5, 0.6) is 5.75 Å². The Morgan fingerprint density at radius 1 is 1.25 bits per heavy atom. The molecule has 0 amide bonds. The molecule has 0 heterocycles. The average molecular weight is 236 g/mol. The van der Waals surface area contributed by atoms with Crippen LogP contribution >= 0.6 is 12.6 Å². The van der Waals surface area contributed by atoms with Crippen molar-refractivity contribution in [2.24, 2.45) is 0 Å². The highest BCUT2D eigenvalue weighted by molar-refractivity contribution is 7.80. The highest BCUT2D eigenvalue weighted by Gasteiger charge is 2.13. The Bertz CT molecular complexity index is 350. The molecule has 0 aliphatic carbocycles. The summed E-state index contributed by atoms with van der Waals surface area (Å²) in [7, 11) is 0. The van der Waals surface area contributed by atoms with Gasteiger partial charge < -0.3 is 4.74 Å². The van der Waals surface area contributed by atoms with Crippen LogP contribution in [-0.2, 0) is 5.41 Å². The van der Waals surface area contributed by atoms with E-state index >= 15 is 0 Å². The molecule has 1 aromatic rings. The van der Waals surface area contributed by atoms with Crippen molar-refractivity contribution >= 4 is 12.6 Å². The third-order valence-corrected chi connectivity index (χ3v) is 2.53. The first-order chi connectivity index (χ1) is 7.54. The van der Waals surface area contributed by atoms with E-state index in [2.05, 4.69) is 45.5 Å². The van der Waals surface area contributed by atoms with Gasteiger partial charge in [-0.2, -0.15) is 12.6 Å². The first-order valence-corrected chi connectivity index (χ1v) is 6.16. The number of thiol groups is 1. The standard InChI is InChI=1S/C14H20OS/c1-14(2,3)12-7-6-8-13(11-12)15-9-4-5-10-16/h4-8,11,16H,9-10H2,1-3H3. The van der Waals surface area contributed by atoms with Crippen molar-refractivity contribution in [2.45, 2.75) is 26.2 Å². The Hall–Kier alpha value is -0.890. The Morgan fingerprint density at radius 3 is 2.62 bits per heavy atom. The Kier molecular flexibility index (Phi) is 4.94. The molecule has 0 fully saturated rings. The monoisotopic (exact) mass is 236 g/mol. The Morgan fingerprint density at radius 2 is 2.00 bits per heavy atom. The van der Waals surface area contributed by atoms with Gasteiger partial charge in [-0.25, -0.2) is 0 Å². The summed E-state index contributed by atoms with van der Waals surface area (Å²) in [5, 5.41) is 0. The van der Waals surface area contributed by atoms with Crippen molar-refractivity contribution in [3.05, 3.63) is 42.0 Å². The molecule has 0 radical (unpaired) electrons. The van der Waals surface area contributed by atoms with E-state index in [1.165, 1.54) is 5.56 Å². The summed E-state index contributed by atoms with van der Waals surface area (Å²) in [6.07, 6.45) is 3.97. The molecule has 1 nitrogen and oxygen atoms in total. The van der Waals surface area contributed by atoms with Gasteiger partial charge in [-0.3, -0.25) is 0 Å². The van der Waals surface area contributed by atoms with E-state index in [1.807, 2.05) is 24.3 Å². The second kappa shape index (κ2) is 6.00. The lowest BCUT2D eigenvalue weighted by atomic mass is 9.87. The second-order valence-corrected chi connectivity index (χ2v) is 5.11. The zero-order valence-electron chi connectivity index (χ0n) is 10.2. The zero-order valence-corrected chi connectivity index (χ0v) is 11.1. The summed E-state index contributed by atoms with van der Waals surface area (Å²) < 4.78 is 5.62. The van der Waals surface area contributed by atoms with Gasteiger partial charge in [-0.15, -0.1) is 0 Å². The number of hydrogen-bond acceptors (Lipinski definition) is 2. The van der Waals surface area contributed by atoms with Gasteiger partial charge in [0.15, 0.2) is 0 Å². The molecule has 0 spiro atoms. The van der Waals surface area contributed by atoms with Crippen LogP contribution in [-0.4, -0.2) is 12.4 Å². The third-order valence-electron chi connectivity index (χ3n) is 2.32. The topological polar surface area (TPSA) is 9.23 Å². The van der Waals surface area contributed by atoms with Crippen molar-refractivity contribution in [1.29, 1.82) is 0 Å². The van der Waals surface area contributed by atoms with Crippen LogP contribution < -0.4 is 4.74 Å². The molecule has 16 heavy (non-hydrogen) atoms. The molecule has 0 bridgehead atoms. The van der Waals surface area contributed by atoms with Gasteiger partial charge >= 0.3 is 0 Å². The minimum atomic E-state index is 0.167. The minimum absolute atomic E-state index is 0.167. The van der Waals surface area contributed by atoms with Crippen LogP contribution in [0.3, 0.4) is 0 Å². The van der Waals surface area contributed by atoms with Crippen LogP contribution in [0, 0.1) is 0 Å². The van der Waals surface area contributed by atoms with Crippen LogP contribution in [0.25, 0.3) is 0 Å². The fraction of sp³-hybridized carbons (Fsp3) is 0.429. The maximum atomic E-state index is 5.62. The highest BCUT2D eigenvalue weighted by atomic mass is 32.1. The molecule has 1 rings (SSSR count). The molecule has 1 aromatic carbocycles. The van der Waals surface area contributed by atoms with Gasteiger partial charge in [0, 0.05) is 5.75 Å². The number of rotatable bonds is 4. The number of hydrogen-bond donors (Lipinski definition) is 1. The van der Waals surface area contributed by atoms with Crippen molar-refractivity contribution in [2.75, 3.05) is 12.4 Å². The molecule has 2 heteroatoms.